The Morgan fingerprint density at radius 3 is 2.39 bits per heavy atom. The van der Waals surface area contributed by atoms with E-state index in [4.69, 9.17) is 9.15 Å². The van der Waals surface area contributed by atoms with Gasteiger partial charge in [0.2, 0.25) is 0 Å². The molecule has 1 N–H and O–H groups in total. The van der Waals surface area contributed by atoms with Crippen molar-refractivity contribution in [1.29, 1.82) is 0 Å². The highest BCUT2D eigenvalue weighted by Gasteiger charge is 2.24. The number of rotatable bonds is 6. The molecule has 6 nitrogen and oxygen atoms in total. The number of hydrogen-bond donors (Lipinski definition) is 1. The molecular weight excluding hydrogens is 414 g/mol. The van der Waals surface area contributed by atoms with E-state index in [1.54, 1.807) is 48.5 Å². The molecule has 0 bridgehead atoms. The summed E-state index contributed by atoms with van der Waals surface area (Å²) in [7, 11) is -3.38. The second-order valence-corrected chi connectivity index (χ2v) is 9.48. The van der Waals surface area contributed by atoms with Gasteiger partial charge in [-0.1, -0.05) is 48.0 Å². The average Bonchev–Trinajstić information content (AvgIpc) is 3.08. The molecule has 0 aliphatic carbocycles. The Morgan fingerprint density at radius 1 is 0.968 bits per heavy atom. The smallest absolute Gasteiger partial charge is 0.291 e. The van der Waals surface area contributed by atoms with E-state index in [0.717, 1.165) is 11.8 Å². The van der Waals surface area contributed by atoms with Gasteiger partial charge in [0, 0.05) is 17.2 Å². The normalized spacial score (nSPS) is 11.4. The molecule has 0 atom stereocenters. The molecule has 0 spiro atoms. The van der Waals surface area contributed by atoms with Crippen LogP contribution < -0.4 is 10.1 Å². The molecule has 0 fully saturated rings. The quantitative estimate of drug-likeness (QED) is 0.442. The maximum Gasteiger partial charge on any atom is 0.291 e. The molecule has 158 valence electrons. The molecule has 0 aliphatic heterocycles. The molecule has 0 saturated heterocycles. The van der Waals surface area contributed by atoms with Gasteiger partial charge in [-0.15, -0.1) is 0 Å². The van der Waals surface area contributed by atoms with Crippen LogP contribution in [0.1, 0.15) is 21.7 Å². The van der Waals surface area contributed by atoms with Crippen molar-refractivity contribution in [3.8, 4) is 11.5 Å². The first kappa shape index (κ1) is 20.7. The van der Waals surface area contributed by atoms with Gasteiger partial charge in [0.05, 0.1) is 11.4 Å². The summed E-state index contributed by atoms with van der Waals surface area (Å²) in [6.45, 7) is 1.99. The van der Waals surface area contributed by atoms with E-state index >= 15 is 0 Å². The zero-order valence-electron chi connectivity index (χ0n) is 17.1. The van der Waals surface area contributed by atoms with E-state index in [9.17, 15) is 13.2 Å². The van der Waals surface area contributed by atoms with E-state index in [2.05, 4.69) is 5.32 Å². The van der Waals surface area contributed by atoms with Crippen LogP contribution in [0.25, 0.3) is 11.0 Å². The minimum atomic E-state index is -3.38. The molecule has 31 heavy (non-hydrogen) atoms. The van der Waals surface area contributed by atoms with Crippen molar-refractivity contribution in [2.45, 2.75) is 12.7 Å². The lowest BCUT2D eigenvalue weighted by molar-refractivity contribution is 0.0997. The van der Waals surface area contributed by atoms with Crippen LogP contribution in [-0.4, -0.2) is 20.6 Å². The molecule has 1 amide bonds. The van der Waals surface area contributed by atoms with Crippen molar-refractivity contribution in [2.24, 2.45) is 0 Å². The number of ether oxygens (including phenoxy) is 1. The predicted molar refractivity (Wildman–Crippen MR) is 120 cm³/mol. The molecule has 7 heteroatoms. The first-order valence-corrected chi connectivity index (χ1v) is 11.7. The number of nitrogens with one attached hydrogen (secondary N) is 1. The van der Waals surface area contributed by atoms with Gasteiger partial charge < -0.3 is 14.5 Å². The number of aryl methyl sites for hydroxylation is 1. The Balaban J connectivity index is 1.67. The van der Waals surface area contributed by atoms with E-state index in [0.29, 0.717) is 33.7 Å². The molecule has 0 radical (unpaired) electrons. The molecule has 4 aromatic rings. The van der Waals surface area contributed by atoms with Crippen molar-refractivity contribution in [3.05, 3.63) is 89.7 Å². The van der Waals surface area contributed by atoms with Crippen molar-refractivity contribution in [2.75, 3.05) is 11.6 Å². The third-order valence-corrected chi connectivity index (χ3v) is 5.51. The molecule has 1 aromatic heterocycles. The van der Waals surface area contributed by atoms with Gasteiger partial charge in [0.1, 0.15) is 11.3 Å². The maximum atomic E-state index is 13.1. The highest BCUT2D eigenvalue weighted by molar-refractivity contribution is 7.89. The first-order valence-electron chi connectivity index (χ1n) is 9.63. The van der Waals surface area contributed by atoms with Gasteiger partial charge in [-0.3, -0.25) is 4.79 Å². The van der Waals surface area contributed by atoms with Crippen LogP contribution in [0, 0.1) is 6.92 Å². The lowest BCUT2D eigenvalue weighted by Gasteiger charge is -2.12. The standard InChI is InChI=1S/C24H21NO5S/c1-16-11-13-17(14-12-16)29-22-10-6-4-8-20(22)25-24(26)23-19(15-31(2,27)28)18-7-3-5-9-21(18)30-23/h3-14H,15H2,1-2H3,(H,25,26). The summed E-state index contributed by atoms with van der Waals surface area (Å²) in [6.07, 6.45) is 1.13. The van der Waals surface area contributed by atoms with Gasteiger partial charge in [-0.25, -0.2) is 8.42 Å². The lowest BCUT2D eigenvalue weighted by Crippen LogP contribution is -2.15. The number of para-hydroxylation sites is 3. The number of furan rings is 1. The number of fused-ring (bicyclic) bond motifs is 1. The van der Waals surface area contributed by atoms with Crippen LogP contribution in [0.2, 0.25) is 0 Å². The summed E-state index contributed by atoms with van der Waals surface area (Å²) in [4.78, 5) is 13.1. The SMILES string of the molecule is Cc1ccc(Oc2ccccc2NC(=O)c2oc3ccccc3c2CS(C)(=O)=O)cc1. The predicted octanol–water partition coefficient (Wildman–Crippen LogP) is 5.33. The second kappa shape index (κ2) is 8.28. The zero-order chi connectivity index (χ0) is 22.0. The van der Waals surface area contributed by atoms with Crippen LogP contribution in [0.5, 0.6) is 11.5 Å². The average molecular weight is 436 g/mol. The van der Waals surface area contributed by atoms with Crippen LogP contribution >= 0.6 is 0 Å². The van der Waals surface area contributed by atoms with E-state index < -0.39 is 15.7 Å². The highest BCUT2D eigenvalue weighted by Crippen LogP contribution is 2.32. The minimum absolute atomic E-state index is 0.0308. The Labute approximate surface area is 180 Å². The van der Waals surface area contributed by atoms with Crippen LogP contribution in [0.15, 0.2) is 77.2 Å². The monoisotopic (exact) mass is 435 g/mol. The molecule has 0 aliphatic rings. The Bertz CT molecular complexity index is 1350. The first-order chi connectivity index (χ1) is 14.8. The highest BCUT2D eigenvalue weighted by atomic mass is 32.2. The van der Waals surface area contributed by atoms with Crippen molar-refractivity contribution in [1.82, 2.24) is 0 Å². The Hall–Kier alpha value is -3.58. The van der Waals surface area contributed by atoms with E-state index in [1.807, 2.05) is 31.2 Å². The summed E-state index contributed by atoms with van der Waals surface area (Å²) in [6, 6.07) is 21.6. The number of carbonyl (C=O) groups is 1. The molecule has 0 unspecified atom stereocenters. The summed E-state index contributed by atoms with van der Waals surface area (Å²) >= 11 is 0. The molecular formula is C24H21NO5S. The fourth-order valence-corrected chi connectivity index (χ4v) is 4.07. The van der Waals surface area contributed by atoms with Crippen LogP contribution in [-0.2, 0) is 15.6 Å². The van der Waals surface area contributed by atoms with Crippen molar-refractivity contribution < 1.29 is 22.4 Å². The fourth-order valence-electron chi connectivity index (χ4n) is 3.26. The number of benzene rings is 3. The summed E-state index contributed by atoms with van der Waals surface area (Å²) in [5, 5.41) is 3.39. The number of amides is 1. The topological polar surface area (TPSA) is 85.6 Å². The van der Waals surface area contributed by atoms with E-state index in [1.165, 1.54) is 0 Å². The minimum Gasteiger partial charge on any atom is -0.455 e. The third-order valence-electron chi connectivity index (χ3n) is 4.70. The van der Waals surface area contributed by atoms with Crippen LogP contribution in [0.3, 0.4) is 0 Å². The number of sulfone groups is 1. The van der Waals surface area contributed by atoms with Gasteiger partial charge in [0.25, 0.3) is 5.91 Å². The molecule has 1 heterocycles. The third kappa shape index (κ3) is 4.78. The van der Waals surface area contributed by atoms with Crippen molar-refractivity contribution >= 4 is 32.4 Å². The lowest BCUT2D eigenvalue weighted by atomic mass is 10.1. The number of hydrogen-bond acceptors (Lipinski definition) is 5. The molecule has 3 aromatic carbocycles. The zero-order valence-corrected chi connectivity index (χ0v) is 17.9. The maximum absolute atomic E-state index is 13.1. The number of carbonyl (C=O) groups excluding carboxylic acids is 1. The summed E-state index contributed by atoms with van der Waals surface area (Å²) in [5.41, 5.74) is 2.35. The summed E-state index contributed by atoms with van der Waals surface area (Å²) < 4.78 is 35.6. The number of anilines is 1. The van der Waals surface area contributed by atoms with Crippen molar-refractivity contribution in [3.63, 3.8) is 0 Å². The van der Waals surface area contributed by atoms with Gasteiger partial charge in [0.15, 0.2) is 21.3 Å². The largest absolute Gasteiger partial charge is 0.455 e. The second-order valence-electron chi connectivity index (χ2n) is 7.34. The Kier molecular flexibility index (Phi) is 5.52. The van der Waals surface area contributed by atoms with Gasteiger partial charge in [-0.05, 0) is 37.3 Å². The van der Waals surface area contributed by atoms with Gasteiger partial charge in [-0.2, -0.15) is 0 Å². The molecule has 0 saturated carbocycles. The van der Waals surface area contributed by atoms with E-state index in [-0.39, 0.29) is 11.5 Å². The van der Waals surface area contributed by atoms with Gasteiger partial charge >= 0.3 is 0 Å². The Morgan fingerprint density at radius 2 is 1.65 bits per heavy atom. The fraction of sp³-hybridized carbons (Fsp3) is 0.125. The molecule has 4 rings (SSSR count). The summed E-state index contributed by atoms with van der Waals surface area (Å²) in [5.74, 6) is 0.217. The van der Waals surface area contributed by atoms with Crippen LogP contribution in [0.4, 0.5) is 5.69 Å².